The van der Waals surface area contributed by atoms with Crippen LogP contribution < -0.4 is 0 Å². The van der Waals surface area contributed by atoms with Gasteiger partial charge in [0.2, 0.25) is 0 Å². The molecule has 0 amide bonds. The largest absolute Gasteiger partial charge is 0.308 e. The van der Waals surface area contributed by atoms with Crippen LogP contribution in [0.5, 0.6) is 0 Å². The number of aromatic nitrogens is 1. The molecule has 4 unspecified atom stereocenters. The summed E-state index contributed by atoms with van der Waals surface area (Å²) in [4.78, 5) is 0. The van der Waals surface area contributed by atoms with E-state index < -0.39 is 0 Å². The number of rotatable bonds is 3. The normalized spacial score (nSPS) is 27.6. The van der Waals surface area contributed by atoms with E-state index in [2.05, 4.69) is 127 Å². The van der Waals surface area contributed by atoms with E-state index in [1.807, 2.05) is 0 Å². The van der Waals surface area contributed by atoms with Crippen molar-refractivity contribution in [2.24, 2.45) is 34.5 Å². The number of hydrogen-bond acceptors (Lipinski definition) is 2. The smallest absolute Gasteiger partial charge is 0.0995 e. The molecule has 0 N–H and O–H groups in total. The zero-order valence-corrected chi connectivity index (χ0v) is 40.6. The maximum Gasteiger partial charge on any atom is 0.0995 e. The summed E-state index contributed by atoms with van der Waals surface area (Å²) in [7, 11) is 0. The Morgan fingerprint density at radius 1 is 0.561 bits per heavy atom. The second kappa shape index (κ2) is 13.1. The van der Waals surface area contributed by atoms with Crippen molar-refractivity contribution >= 4 is 38.1 Å². The molecule has 2 aromatic heterocycles. The number of fused-ring (bicyclic) bond motifs is 10. The standard InChI is InChI=1S/C63H65N3/c1-32-10-9-11-33(2)51(32)38-12-13-48-45(24-38)46-27-47-56-49(25-43(28-64)52-39-16-34-14-35(17-39)21-41(20-34)54(52)56)66-50-26-44(29-65)53-40-18-36-15-37(19-40)23-42(22-36)55(53)57(50)58(60(47)66)59(46)63(48,30-61(3,4)5)31-62(6,7)8/h9-13,24-27,34-37,39-42H,14-23,30-31H2,1-8H3. The minimum Gasteiger partial charge on any atom is -0.308 e. The number of aryl methyl sites for hydroxylation is 2. The molecule has 4 fully saturated rings. The van der Waals surface area contributed by atoms with E-state index in [1.54, 1.807) is 11.1 Å². The molecule has 7 aromatic rings. The van der Waals surface area contributed by atoms with Crippen molar-refractivity contribution in [2.45, 2.75) is 162 Å². The first-order valence-electron chi connectivity index (χ1n) is 26.1. The van der Waals surface area contributed by atoms with Crippen molar-refractivity contribution in [3.05, 3.63) is 110 Å². The summed E-state index contributed by atoms with van der Waals surface area (Å²) in [6, 6.07) is 27.6. The lowest BCUT2D eigenvalue weighted by atomic mass is 9.61. The number of benzene rings is 5. The predicted molar refractivity (Wildman–Crippen MR) is 271 cm³/mol. The first-order valence-corrected chi connectivity index (χ1v) is 26.1. The molecule has 16 rings (SSSR count). The maximum atomic E-state index is 11.4. The molecular formula is C63H65N3. The fourth-order valence-electron chi connectivity index (χ4n) is 18.3. The quantitative estimate of drug-likeness (QED) is 0.178. The van der Waals surface area contributed by atoms with Gasteiger partial charge in [0.25, 0.3) is 0 Å². The van der Waals surface area contributed by atoms with E-state index in [1.165, 1.54) is 158 Å². The number of nitrogens with zero attached hydrogens (tertiary/aromatic N) is 3. The first-order chi connectivity index (χ1) is 31.6. The highest BCUT2D eigenvalue weighted by Gasteiger charge is 2.52. The van der Waals surface area contributed by atoms with Crippen molar-refractivity contribution < 1.29 is 0 Å². The van der Waals surface area contributed by atoms with Gasteiger partial charge >= 0.3 is 0 Å². The Balaban J connectivity index is 1.23. The van der Waals surface area contributed by atoms with Crippen LogP contribution in [0.4, 0.5) is 0 Å². The van der Waals surface area contributed by atoms with Crippen LogP contribution in [-0.4, -0.2) is 4.40 Å². The fraction of sp³-hybridized carbons (Fsp3) is 0.492. The van der Waals surface area contributed by atoms with E-state index >= 15 is 0 Å². The van der Waals surface area contributed by atoms with Crippen LogP contribution in [-0.2, 0) is 5.41 Å². The van der Waals surface area contributed by atoms with Gasteiger partial charge in [-0.05, 0) is 240 Å². The van der Waals surface area contributed by atoms with Gasteiger partial charge in [-0.2, -0.15) is 10.5 Å². The minimum absolute atomic E-state index is 0.0436. The molecule has 4 atom stereocenters. The molecule has 2 heterocycles. The summed E-state index contributed by atoms with van der Waals surface area (Å²) in [5.41, 5.74) is 22.6. The molecule has 0 aliphatic heterocycles. The molecule has 3 nitrogen and oxygen atoms in total. The summed E-state index contributed by atoms with van der Waals surface area (Å²) in [6.07, 6.45) is 14.8. The highest BCUT2D eigenvalue weighted by Crippen LogP contribution is 2.66. The molecule has 5 aromatic carbocycles. The van der Waals surface area contributed by atoms with Gasteiger partial charge in [0.05, 0.1) is 39.8 Å². The van der Waals surface area contributed by atoms with Crippen molar-refractivity contribution in [1.29, 1.82) is 10.5 Å². The Morgan fingerprint density at radius 2 is 1.05 bits per heavy atom. The highest BCUT2D eigenvalue weighted by atomic mass is 14.9. The number of hydrogen-bond donors (Lipinski definition) is 0. The Bertz CT molecular complexity index is 3330. The lowest BCUT2D eigenvalue weighted by molar-refractivity contribution is 0.166. The molecule has 9 aliphatic rings. The molecule has 66 heavy (non-hydrogen) atoms. The van der Waals surface area contributed by atoms with Crippen LogP contribution in [0.2, 0.25) is 0 Å². The third-order valence-electron chi connectivity index (χ3n) is 19.2. The van der Waals surface area contributed by atoms with Crippen molar-refractivity contribution in [1.82, 2.24) is 4.40 Å². The molecule has 4 saturated carbocycles. The SMILES string of the molecule is Cc1cccc(C)c1-c1ccc2c(c1)-c1cc3c4c5c(c(C#N)cc4n4c6cc(C#N)c7c(c6c(c1C2(CC(C)(C)C)CC(C)(C)C)c34)C1CC2CC(CC7C2)C1)C1CC2CC(C1)CC5C2. The van der Waals surface area contributed by atoms with Gasteiger partial charge in [-0.3, -0.25) is 0 Å². The van der Waals surface area contributed by atoms with E-state index in [9.17, 15) is 10.5 Å². The molecule has 3 heteroatoms. The van der Waals surface area contributed by atoms with Crippen LogP contribution >= 0.6 is 0 Å². The second-order valence-electron chi connectivity index (χ2n) is 26.1. The van der Waals surface area contributed by atoms with Crippen LogP contribution in [0.15, 0.2) is 54.6 Å². The van der Waals surface area contributed by atoms with Crippen LogP contribution in [0.25, 0.3) is 60.3 Å². The minimum atomic E-state index is -0.248. The van der Waals surface area contributed by atoms with Crippen molar-refractivity contribution in [2.75, 3.05) is 0 Å². The van der Waals surface area contributed by atoms with Crippen LogP contribution in [0.1, 0.15) is 198 Å². The molecule has 332 valence electrons. The average Bonchev–Trinajstić information content (AvgIpc) is 3.73. The molecule has 0 saturated heterocycles. The molecular weight excluding hydrogens is 799 g/mol. The first kappa shape index (κ1) is 40.0. The predicted octanol–water partition coefficient (Wildman–Crippen LogP) is 16.8. The van der Waals surface area contributed by atoms with Crippen molar-refractivity contribution in [3.8, 4) is 34.4 Å². The lowest BCUT2D eigenvalue weighted by Gasteiger charge is -2.42. The summed E-state index contributed by atoms with van der Waals surface area (Å²) in [5, 5.41) is 28.4. The third-order valence-corrected chi connectivity index (χ3v) is 19.2. The number of nitriles is 2. The molecule has 0 spiro atoms. The van der Waals surface area contributed by atoms with Gasteiger partial charge in [-0.25, -0.2) is 0 Å². The van der Waals surface area contributed by atoms with Crippen LogP contribution in [0.3, 0.4) is 0 Å². The van der Waals surface area contributed by atoms with Gasteiger partial charge in [0.1, 0.15) is 0 Å². The Labute approximate surface area is 391 Å². The zero-order chi connectivity index (χ0) is 45.1. The fourth-order valence-corrected chi connectivity index (χ4v) is 18.3. The van der Waals surface area contributed by atoms with E-state index in [0.29, 0.717) is 23.7 Å². The molecule has 8 bridgehead atoms. The summed E-state index contributed by atoms with van der Waals surface area (Å²) >= 11 is 0. The van der Waals surface area contributed by atoms with Crippen LogP contribution in [0, 0.1) is 71.0 Å². The van der Waals surface area contributed by atoms with Gasteiger partial charge in [0.15, 0.2) is 0 Å². The monoisotopic (exact) mass is 864 g/mol. The van der Waals surface area contributed by atoms with Gasteiger partial charge in [-0.1, -0.05) is 71.9 Å². The summed E-state index contributed by atoms with van der Waals surface area (Å²) in [6.45, 7) is 19.4. The van der Waals surface area contributed by atoms with E-state index in [-0.39, 0.29) is 16.2 Å². The Kier molecular flexibility index (Phi) is 7.94. The Morgan fingerprint density at radius 3 is 1.55 bits per heavy atom. The van der Waals surface area contributed by atoms with Gasteiger partial charge in [-0.15, -0.1) is 0 Å². The second-order valence-corrected chi connectivity index (χ2v) is 26.1. The third kappa shape index (κ3) is 5.25. The van der Waals surface area contributed by atoms with E-state index in [4.69, 9.17) is 0 Å². The van der Waals surface area contributed by atoms with E-state index in [0.717, 1.165) is 47.6 Å². The topological polar surface area (TPSA) is 52.0 Å². The molecule has 0 radical (unpaired) electrons. The summed E-state index contributed by atoms with van der Waals surface area (Å²) < 4.78 is 2.66. The van der Waals surface area contributed by atoms with Crippen molar-refractivity contribution in [3.63, 3.8) is 0 Å². The zero-order valence-electron chi connectivity index (χ0n) is 40.6. The summed E-state index contributed by atoms with van der Waals surface area (Å²) in [5.74, 6) is 4.89. The van der Waals surface area contributed by atoms with Gasteiger partial charge < -0.3 is 4.40 Å². The maximum absolute atomic E-state index is 11.4. The van der Waals surface area contributed by atoms with Gasteiger partial charge in [0, 0.05) is 27.0 Å². The Hall–Kier alpha value is -5.12. The average molecular weight is 864 g/mol. The highest BCUT2D eigenvalue weighted by molar-refractivity contribution is 6.28. The lowest BCUT2D eigenvalue weighted by Crippen LogP contribution is -2.35. The molecule has 9 aliphatic carbocycles.